The van der Waals surface area contributed by atoms with Crippen LogP contribution in [0, 0.1) is 0 Å². The van der Waals surface area contributed by atoms with Crippen LogP contribution in [-0.2, 0) is 20.9 Å². The van der Waals surface area contributed by atoms with Crippen molar-refractivity contribution in [3.05, 3.63) is 35.9 Å². The van der Waals surface area contributed by atoms with Gasteiger partial charge in [0.1, 0.15) is 6.04 Å². The molecule has 1 fully saturated rings. The van der Waals surface area contributed by atoms with Gasteiger partial charge in [-0.05, 0) is 12.5 Å². The van der Waals surface area contributed by atoms with Crippen molar-refractivity contribution in [1.82, 2.24) is 10.2 Å². The third-order valence-electron chi connectivity index (χ3n) is 3.34. The summed E-state index contributed by atoms with van der Waals surface area (Å²) in [7, 11) is 0. The van der Waals surface area contributed by atoms with Crippen LogP contribution in [0.4, 0.5) is 0 Å². The molecule has 0 unspecified atom stereocenters. The van der Waals surface area contributed by atoms with E-state index in [-0.39, 0.29) is 18.3 Å². The minimum atomic E-state index is -0.442. The van der Waals surface area contributed by atoms with Gasteiger partial charge in [-0.25, -0.2) is 0 Å². The number of carbonyl (C=O) groups excluding carboxylic acids is 2. The number of piperazine rings is 1. The van der Waals surface area contributed by atoms with E-state index >= 15 is 0 Å². The van der Waals surface area contributed by atoms with E-state index in [9.17, 15) is 9.59 Å². The van der Waals surface area contributed by atoms with Gasteiger partial charge in [0.05, 0.1) is 13.0 Å². The standard InChI is InChI=1S/C15H20N2O3/c1-2-20-14(18)10-13-15(19)16-8-9-17(13)11-12-6-4-3-5-7-12/h3-7,13H,2,8-11H2,1H3,(H,16,19)/t13-/m1/s1. The predicted octanol–water partition coefficient (Wildman–Crippen LogP) is 0.940. The molecule has 1 aliphatic heterocycles. The van der Waals surface area contributed by atoms with Gasteiger partial charge in [-0.2, -0.15) is 0 Å². The Bertz CT molecular complexity index is 461. The van der Waals surface area contributed by atoms with Crippen molar-refractivity contribution in [1.29, 1.82) is 0 Å². The molecule has 108 valence electrons. The lowest BCUT2D eigenvalue weighted by molar-refractivity contribution is -0.148. The van der Waals surface area contributed by atoms with Crippen LogP contribution in [-0.4, -0.2) is 42.5 Å². The zero-order valence-corrected chi connectivity index (χ0v) is 11.7. The molecule has 1 amide bonds. The van der Waals surface area contributed by atoms with Crippen molar-refractivity contribution in [3.63, 3.8) is 0 Å². The maximum Gasteiger partial charge on any atom is 0.307 e. The molecule has 5 heteroatoms. The Kier molecular flexibility index (Phi) is 5.12. The lowest BCUT2D eigenvalue weighted by atomic mass is 10.1. The molecule has 1 atom stereocenters. The quantitative estimate of drug-likeness (QED) is 0.813. The fourth-order valence-electron chi connectivity index (χ4n) is 2.37. The first kappa shape index (κ1) is 14.5. The number of nitrogens with one attached hydrogen (secondary N) is 1. The summed E-state index contributed by atoms with van der Waals surface area (Å²) in [6.07, 6.45) is 0.104. The molecule has 1 aromatic rings. The molecule has 20 heavy (non-hydrogen) atoms. The summed E-state index contributed by atoms with van der Waals surface area (Å²) < 4.78 is 4.95. The van der Waals surface area contributed by atoms with Gasteiger partial charge in [-0.15, -0.1) is 0 Å². The number of amides is 1. The van der Waals surface area contributed by atoms with Gasteiger partial charge in [-0.1, -0.05) is 30.3 Å². The number of hydrogen-bond acceptors (Lipinski definition) is 4. The number of hydrogen-bond donors (Lipinski definition) is 1. The summed E-state index contributed by atoms with van der Waals surface area (Å²) in [4.78, 5) is 25.6. The molecule has 0 aliphatic carbocycles. The molecular weight excluding hydrogens is 256 g/mol. The van der Waals surface area contributed by atoms with E-state index in [1.165, 1.54) is 0 Å². The van der Waals surface area contributed by atoms with Gasteiger partial charge in [-0.3, -0.25) is 14.5 Å². The summed E-state index contributed by atoms with van der Waals surface area (Å²) in [5.74, 6) is -0.423. The molecule has 0 saturated carbocycles. The number of rotatable bonds is 5. The summed E-state index contributed by atoms with van der Waals surface area (Å²) >= 11 is 0. The maximum atomic E-state index is 12.0. The highest BCUT2D eigenvalue weighted by atomic mass is 16.5. The average Bonchev–Trinajstić information content (AvgIpc) is 2.44. The van der Waals surface area contributed by atoms with Gasteiger partial charge in [0.2, 0.25) is 5.91 Å². The highest BCUT2D eigenvalue weighted by Crippen LogP contribution is 2.14. The Labute approximate surface area is 118 Å². The Morgan fingerprint density at radius 1 is 1.40 bits per heavy atom. The van der Waals surface area contributed by atoms with Crippen molar-refractivity contribution in [2.75, 3.05) is 19.7 Å². The number of benzene rings is 1. The SMILES string of the molecule is CCOC(=O)C[C@@H]1C(=O)NCCN1Cc1ccccc1. The van der Waals surface area contributed by atoms with E-state index in [1.807, 2.05) is 35.2 Å². The Morgan fingerprint density at radius 2 is 2.15 bits per heavy atom. The van der Waals surface area contributed by atoms with Crippen LogP contribution in [0.15, 0.2) is 30.3 Å². The number of ether oxygens (including phenoxy) is 1. The lowest BCUT2D eigenvalue weighted by Crippen LogP contribution is -2.55. The maximum absolute atomic E-state index is 12.0. The van der Waals surface area contributed by atoms with E-state index in [2.05, 4.69) is 5.32 Å². The van der Waals surface area contributed by atoms with Crippen molar-refractivity contribution in [2.45, 2.75) is 25.9 Å². The Balaban J connectivity index is 2.04. The van der Waals surface area contributed by atoms with Crippen LogP contribution < -0.4 is 5.32 Å². The van der Waals surface area contributed by atoms with Crippen LogP contribution in [0.2, 0.25) is 0 Å². The largest absolute Gasteiger partial charge is 0.466 e. The van der Waals surface area contributed by atoms with Gasteiger partial charge >= 0.3 is 5.97 Å². The first-order valence-corrected chi connectivity index (χ1v) is 6.92. The molecule has 1 aromatic carbocycles. The number of carbonyl (C=O) groups is 2. The van der Waals surface area contributed by atoms with Crippen LogP contribution in [0.1, 0.15) is 18.9 Å². The fraction of sp³-hybridized carbons (Fsp3) is 0.467. The van der Waals surface area contributed by atoms with E-state index in [4.69, 9.17) is 4.74 Å². The monoisotopic (exact) mass is 276 g/mol. The zero-order chi connectivity index (χ0) is 14.4. The second-order valence-corrected chi connectivity index (χ2v) is 4.77. The van der Waals surface area contributed by atoms with Crippen LogP contribution in [0.25, 0.3) is 0 Å². The molecule has 0 aromatic heterocycles. The molecule has 0 bridgehead atoms. The molecule has 2 rings (SSSR count). The van der Waals surface area contributed by atoms with E-state index in [0.717, 1.165) is 12.1 Å². The molecule has 0 spiro atoms. The fourth-order valence-corrected chi connectivity index (χ4v) is 2.37. The van der Waals surface area contributed by atoms with Gasteiger partial charge in [0.15, 0.2) is 0 Å². The van der Waals surface area contributed by atoms with Crippen LogP contribution in [0.5, 0.6) is 0 Å². The molecule has 0 radical (unpaired) electrons. The molecule has 1 saturated heterocycles. The third kappa shape index (κ3) is 3.81. The van der Waals surface area contributed by atoms with Crippen molar-refractivity contribution in [2.24, 2.45) is 0 Å². The van der Waals surface area contributed by atoms with Crippen LogP contribution >= 0.6 is 0 Å². The van der Waals surface area contributed by atoms with Crippen LogP contribution in [0.3, 0.4) is 0 Å². The second-order valence-electron chi connectivity index (χ2n) is 4.77. The highest BCUT2D eigenvalue weighted by Gasteiger charge is 2.31. The molecule has 1 N–H and O–H groups in total. The van der Waals surface area contributed by atoms with E-state index < -0.39 is 6.04 Å². The smallest absolute Gasteiger partial charge is 0.307 e. The first-order chi connectivity index (χ1) is 9.70. The molecule has 1 heterocycles. The number of esters is 1. The zero-order valence-electron chi connectivity index (χ0n) is 11.7. The highest BCUT2D eigenvalue weighted by molar-refractivity contribution is 5.87. The summed E-state index contributed by atoms with van der Waals surface area (Å²) in [6.45, 7) is 4.13. The van der Waals surface area contributed by atoms with Gasteiger partial charge in [0.25, 0.3) is 0 Å². The minimum Gasteiger partial charge on any atom is -0.466 e. The molecule has 1 aliphatic rings. The average molecular weight is 276 g/mol. The van der Waals surface area contributed by atoms with Crippen molar-refractivity contribution < 1.29 is 14.3 Å². The van der Waals surface area contributed by atoms with E-state index in [0.29, 0.717) is 19.7 Å². The van der Waals surface area contributed by atoms with E-state index in [1.54, 1.807) is 6.92 Å². The second kappa shape index (κ2) is 7.05. The molecular formula is C15H20N2O3. The Hall–Kier alpha value is -1.88. The number of nitrogens with zero attached hydrogens (tertiary/aromatic N) is 1. The third-order valence-corrected chi connectivity index (χ3v) is 3.34. The van der Waals surface area contributed by atoms with Crippen molar-refractivity contribution >= 4 is 11.9 Å². The topological polar surface area (TPSA) is 58.6 Å². The first-order valence-electron chi connectivity index (χ1n) is 6.92. The van der Waals surface area contributed by atoms with Gasteiger partial charge < -0.3 is 10.1 Å². The molecule has 5 nitrogen and oxygen atoms in total. The summed E-state index contributed by atoms with van der Waals surface area (Å²) in [5, 5.41) is 2.81. The minimum absolute atomic E-state index is 0.0970. The Morgan fingerprint density at radius 3 is 2.85 bits per heavy atom. The normalized spacial score (nSPS) is 19.4. The lowest BCUT2D eigenvalue weighted by Gasteiger charge is -2.34. The summed E-state index contributed by atoms with van der Waals surface area (Å²) in [5.41, 5.74) is 1.14. The summed E-state index contributed by atoms with van der Waals surface area (Å²) in [6, 6.07) is 9.51. The van der Waals surface area contributed by atoms with Crippen molar-refractivity contribution in [3.8, 4) is 0 Å². The predicted molar refractivity (Wildman–Crippen MR) is 74.9 cm³/mol. The van der Waals surface area contributed by atoms with Gasteiger partial charge in [0, 0.05) is 19.6 Å².